The highest BCUT2D eigenvalue weighted by Crippen LogP contribution is 2.40. The SMILES string of the molecule is C=C1/C(=C\N=C2/CC=C(CN3CCN(C)CC3)N2)CN(c2c(F)c(OC)cc(OC)c2F)C(=O)N1c1cnn(C)c1. The molecule has 11 nitrogen and oxygen atoms in total. The molecular weight excluding hydrogens is 534 g/mol. The number of amides is 2. The van der Waals surface area contributed by atoms with Gasteiger partial charge in [-0.05, 0) is 7.05 Å². The smallest absolute Gasteiger partial charge is 0.334 e. The fourth-order valence-electron chi connectivity index (χ4n) is 5.00. The molecule has 2 fully saturated rings. The Hall–Kier alpha value is -4.23. The van der Waals surface area contributed by atoms with E-state index in [-0.39, 0.29) is 18.0 Å². The third kappa shape index (κ3) is 5.68. The summed E-state index contributed by atoms with van der Waals surface area (Å²) in [5, 5.41) is 7.52. The van der Waals surface area contributed by atoms with Gasteiger partial charge in [-0.3, -0.25) is 19.4 Å². The van der Waals surface area contributed by atoms with Gasteiger partial charge in [-0.15, -0.1) is 0 Å². The number of likely N-dealkylation sites (N-methyl/N-ethyl adjacent to an activating group) is 1. The number of amidine groups is 1. The number of methoxy groups -OCH3 is 2. The molecular formula is C28H34F2N8O3. The lowest BCUT2D eigenvalue weighted by Crippen LogP contribution is -2.50. The number of anilines is 2. The minimum absolute atomic E-state index is 0.184. The van der Waals surface area contributed by atoms with Crippen LogP contribution in [0.1, 0.15) is 6.42 Å². The van der Waals surface area contributed by atoms with Gasteiger partial charge in [0.2, 0.25) is 0 Å². The molecule has 0 spiro atoms. The Kier molecular flexibility index (Phi) is 8.08. The summed E-state index contributed by atoms with van der Waals surface area (Å²) in [6.07, 6.45) is 7.39. The van der Waals surface area contributed by atoms with Gasteiger partial charge < -0.3 is 19.7 Å². The van der Waals surface area contributed by atoms with E-state index in [0.717, 1.165) is 55.2 Å². The van der Waals surface area contributed by atoms with Crippen molar-refractivity contribution in [1.82, 2.24) is 24.9 Å². The van der Waals surface area contributed by atoms with E-state index < -0.39 is 23.4 Å². The molecule has 3 aliphatic heterocycles. The van der Waals surface area contributed by atoms with E-state index in [1.165, 1.54) is 30.0 Å². The highest BCUT2D eigenvalue weighted by Gasteiger charge is 2.38. The van der Waals surface area contributed by atoms with Crippen LogP contribution in [0, 0.1) is 11.6 Å². The first-order chi connectivity index (χ1) is 19.7. The van der Waals surface area contributed by atoms with Crippen molar-refractivity contribution in [2.24, 2.45) is 12.0 Å². The zero-order valence-corrected chi connectivity index (χ0v) is 23.7. The Bertz CT molecular complexity index is 1410. The molecule has 2 saturated heterocycles. The van der Waals surface area contributed by atoms with Crippen LogP contribution in [0.4, 0.5) is 25.0 Å². The van der Waals surface area contributed by atoms with Crippen LogP contribution >= 0.6 is 0 Å². The number of halogens is 2. The number of urea groups is 1. The van der Waals surface area contributed by atoms with Crippen LogP contribution in [0.2, 0.25) is 0 Å². The number of carbonyl (C=O) groups is 1. The van der Waals surface area contributed by atoms with Gasteiger partial charge in [0.05, 0.1) is 38.3 Å². The van der Waals surface area contributed by atoms with Crippen LogP contribution in [-0.2, 0) is 7.05 Å². The van der Waals surface area contributed by atoms with Crippen molar-refractivity contribution in [3.05, 3.63) is 65.9 Å². The second-order valence-corrected chi connectivity index (χ2v) is 10.1. The van der Waals surface area contributed by atoms with Crippen LogP contribution in [0.25, 0.3) is 0 Å². The van der Waals surface area contributed by atoms with Crippen LogP contribution in [0.5, 0.6) is 11.5 Å². The maximum absolute atomic E-state index is 15.5. The minimum Gasteiger partial charge on any atom is -0.493 e. The molecule has 218 valence electrons. The van der Waals surface area contributed by atoms with Crippen LogP contribution in [0.3, 0.4) is 0 Å². The fourth-order valence-corrected chi connectivity index (χ4v) is 5.00. The van der Waals surface area contributed by atoms with E-state index in [4.69, 9.17) is 9.47 Å². The van der Waals surface area contributed by atoms with Crippen LogP contribution in [-0.4, -0.2) is 92.0 Å². The molecule has 5 rings (SSSR count). The molecule has 1 aromatic carbocycles. The van der Waals surface area contributed by atoms with Crippen molar-refractivity contribution in [1.29, 1.82) is 0 Å². The molecule has 0 radical (unpaired) electrons. The highest BCUT2D eigenvalue weighted by molar-refractivity contribution is 6.09. The number of aryl methyl sites for hydroxylation is 1. The van der Waals surface area contributed by atoms with Gasteiger partial charge in [0.15, 0.2) is 23.1 Å². The number of rotatable bonds is 7. The van der Waals surface area contributed by atoms with Crippen LogP contribution in [0.15, 0.2) is 59.3 Å². The number of hydrogen-bond donors (Lipinski definition) is 1. The summed E-state index contributed by atoms with van der Waals surface area (Å²) in [5.41, 5.74) is 1.67. The van der Waals surface area contributed by atoms with Gasteiger partial charge in [-0.25, -0.2) is 18.6 Å². The molecule has 2 amide bonds. The normalized spacial score (nSPS) is 20.7. The van der Waals surface area contributed by atoms with Crippen LogP contribution < -0.4 is 24.6 Å². The van der Waals surface area contributed by atoms with Gasteiger partial charge in [0.25, 0.3) is 0 Å². The number of ether oxygens (including phenoxy) is 2. The van der Waals surface area contributed by atoms with Gasteiger partial charge in [0.1, 0.15) is 11.5 Å². The monoisotopic (exact) mass is 568 g/mol. The summed E-state index contributed by atoms with van der Waals surface area (Å²) in [6, 6.07) is 0.387. The van der Waals surface area contributed by atoms with Crippen molar-refractivity contribution in [3.8, 4) is 11.5 Å². The maximum Gasteiger partial charge on any atom is 0.334 e. The van der Waals surface area contributed by atoms with Gasteiger partial charge in [-0.1, -0.05) is 12.7 Å². The zero-order chi connectivity index (χ0) is 29.3. The first-order valence-electron chi connectivity index (χ1n) is 13.2. The Morgan fingerprint density at radius 3 is 2.41 bits per heavy atom. The number of nitrogens with zero attached hydrogens (tertiary/aromatic N) is 7. The Labute approximate surface area is 237 Å². The first-order valence-corrected chi connectivity index (χ1v) is 13.2. The molecule has 1 N–H and O–H groups in total. The second-order valence-electron chi connectivity index (χ2n) is 10.1. The van der Waals surface area contributed by atoms with Crippen molar-refractivity contribution in [2.45, 2.75) is 6.42 Å². The van der Waals surface area contributed by atoms with Crippen molar-refractivity contribution < 1.29 is 23.0 Å². The number of hydrogen-bond acceptors (Lipinski definition) is 7. The number of aromatic nitrogens is 2. The third-order valence-corrected chi connectivity index (χ3v) is 7.37. The zero-order valence-electron chi connectivity index (χ0n) is 23.7. The lowest BCUT2D eigenvalue weighted by Gasteiger charge is -2.38. The molecule has 0 unspecified atom stereocenters. The first kappa shape index (κ1) is 28.3. The average Bonchev–Trinajstić information content (AvgIpc) is 3.59. The average molecular weight is 569 g/mol. The summed E-state index contributed by atoms with van der Waals surface area (Å²) in [4.78, 5) is 25.3. The summed E-state index contributed by atoms with van der Waals surface area (Å²) >= 11 is 0. The van der Waals surface area contributed by atoms with E-state index in [1.807, 2.05) is 0 Å². The number of benzene rings is 1. The summed E-state index contributed by atoms with van der Waals surface area (Å²) in [5.74, 6) is -1.85. The van der Waals surface area contributed by atoms with Crippen molar-refractivity contribution in [3.63, 3.8) is 0 Å². The third-order valence-electron chi connectivity index (χ3n) is 7.37. The molecule has 0 saturated carbocycles. The van der Waals surface area contributed by atoms with Crippen molar-refractivity contribution in [2.75, 3.05) is 70.3 Å². The quantitative estimate of drug-likeness (QED) is 0.549. The number of piperazine rings is 1. The highest BCUT2D eigenvalue weighted by atomic mass is 19.1. The van der Waals surface area contributed by atoms with E-state index in [2.05, 4.69) is 44.9 Å². The molecule has 0 bridgehead atoms. The molecule has 2 aromatic rings. The van der Waals surface area contributed by atoms with Crippen molar-refractivity contribution >= 4 is 23.2 Å². The standard InChI is InChI=1S/C28H34F2N8O3/c1-18-19(13-31-24-7-6-20(33-24)16-36-10-8-34(2)9-11-36)15-37(28(39)38(18)21-14-32-35(3)17-21)27-25(29)22(40-4)12-23(41-5)26(27)30/h6,12-14,17H,1,7-11,15-16H2,2-5H3,(H,31,33)/b19-13-. The lowest BCUT2D eigenvalue weighted by molar-refractivity contribution is 0.163. The van der Waals surface area contributed by atoms with Gasteiger partial charge in [-0.2, -0.15) is 5.10 Å². The molecule has 3 aliphatic rings. The largest absolute Gasteiger partial charge is 0.493 e. The molecule has 4 heterocycles. The molecule has 41 heavy (non-hydrogen) atoms. The number of carbonyl (C=O) groups excluding carboxylic acids is 1. The fraction of sp³-hybridized carbons (Fsp3) is 0.393. The van der Waals surface area contributed by atoms with E-state index >= 15 is 8.78 Å². The van der Waals surface area contributed by atoms with Gasteiger partial charge >= 0.3 is 6.03 Å². The lowest BCUT2D eigenvalue weighted by atomic mass is 10.1. The molecule has 1 aromatic heterocycles. The predicted octanol–water partition coefficient (Wildman–Crippen LogP) is 3.08. The Morgan fingerprint density at radius 2 is 1.80 bits per heavy atom. The second kappa shape index (κ2) is 11.7. The predicted molar refractivity (Wildman–Crippen MR) is 152 cm³/mol. The molecule has 13 heteroatoms. The summed E-state index contributed by atoms with van der Waals surface area (Å²) in [7, 11) is 6.33. The van der Waals surface area contributed by atoms with E-state index in [1.54, 1.807) is 19.4 Å². The topological polar surface area (TPSA) is 90.7 Å². The Morgan fingerprint density at radius 1 is 1.12 bits per heavy atom. The van der Waals surface area contributed by atoms with Gasteiger partial charge in [0, 0.05) is 75.9 Å². The van der Waals surface area contributed by atoms with E-state index in [9.17, 15) is 4.79 Å². The number of nitrogens with one attached hydrogen (secondary N) is 1. The Balaban J connectivity index is 1.45. The minimum atomic E-state index is -1.03. The molecule has 0 atom stereocenters. The summed E-state index contributed by atoms with van der Waals surface area (Å²) < 4.78 is 42.7. The maximum atomic E-state index is 15.5. The summed E-state index contributed by atoms with van der Waals surface area (Å²) in [6.45, 7) is 8.82. The number of aliphatic imine (C=N–C) groups is 1. The van der Waals surface area contributed by atoms with E-state index in [0.29, 0.717) is 23.4 Å². The molecule has 0 aliphatic carbocycles.